The summed E-state index contributed by atoms with van der Waals surface area (Å²) in [7, 11) is 0. The molecule has 0 radical (unpaired) electrons. The van der Waals surface area contributed by atoms with E-state index in [-0.39, 0.29) is 17.9 Å². The van der Waals surface area contributed by atoms with Gasteiger partial charge >= 0.3 is 6.18 Å². The molecular weight excluding hydrogens is 249 g/mol. The van der Waals surface area contributed by atoms with E-state index in [0.717, 1.165) is 0 Å². The zero-order valence-electron chi connectivity index (χ0n) is 9.96. The monoisotopic (exact) mass is 266 g/mol. The number of alkyl halides is 3. The van der Waals surface area contributed by atoms with Crippen LogP contribution in [-0.4, -0.2) is 54.9 Å². The van der Waals surface area contributed by atoms with Crippen molar-refractivity contribution in [1.82, 2.24) is 10.2 Å². The molecule has 0 aromatic carbocycles. The summed E-state index contributed by atoms with van der Waals surface area (Å²) in [6.07, 6.45) is -5.86. The van der Waals surface area contributed by atoms with Crippen molar-refractivity contribution in [2.45, 2.75) is 19.0 Å². The Morgan fingerprint density at radius 2 is 2.22 bits per heavy atom. The number of rotatable bonds is 3. The van der Waals surface area contributed by atoms with Gasteiger partial charge < -0.3 is 15.3 Å². The smallest absolute Gasteiger partial charge is 0.389 e. The number of aliphatic hydroxyl groups excluding tert-OH is 1. The fourth-order valence-corrected chi connectivity index (χ4v) is 2.84. The lowest BCUT2D eigenvalue weighted by atomic mass is 9.82. The first kappa shape index (κ1) is 13.6. The van der Waals surface area contributed by atoms with Crippen molar-refractivity contribution >= 4 is 5.91 Å². The molecule has 2 aliphatic rings. The SMILES string of the molecule is O=C(CCC(F)(F)F)N1CC2CNCC2(CO)C1. The van der Waals surface area contributed by atoms with Crippen molar-refractivity contribution < 1.29 is 23.1 Å². The Morgan fingerprint density at radius 1 is 1.50 bits per heavy atom. The van der Waals surface area contributed by atoms with Gasteiger partial charge in [-0.1, -0.05) is 0 Å². The van der Waals surface area contributed by atoms with Crippen molar-refractivity contribution in [3.63, 3.8) is 0 Å². The zero-order valence-corrected chi connectivity index (χ0v) is 9.96. The molecule has 0 spiro atoms. The quantitative estimate of drug-likeness (QED) is 0.776. The number of nitrogens with one attached hydrogen (secondary N) is 1. The predicted octanol–water partition coefficient (Wildman–Crippen LogP) is 0.369. The minimum absolute atomic E-state index is 0.0340. The topological polar surface area (TPSA) is 52.6 Å². The second-order valence-corrected chi connectivity index (χ2v) is 5.24. The van der Waals surface area contributed by atoms with Crippen molar-refractivity contribution in [2.75, 3.05) is 32.8 Å². The molecule has 2 heterocycles. The Balaban J connectivity index is 1.91. The maximum absolute atomic E-state index is 12.1. The molecule has 4 nitrogen and oxygen atoms in total. The molecule has 18 heavy (non-hydrogen) atoms. The maximum atomic E-state index is 12.1. The number of carbonyl (C=O) groups is 1. The van der Waals surface area contributed by atoms with Gasteiger partial charge in [-0.25, -0.2) is 0 Å². The third-order valence-corrected chi connectivity index (χ3v) is 3.97. The van der Waals surface area contributed by atoms with E-state index in [2.05, 4.69) is 5.32 Å². The number of likely N-dealkylation sites (tertiary alicyclic amines) is 1. The van der Waals surface area contributed by atoms with E-state index < -0.39 is 24.9 Å². The minimum atomic E-state index is -4.29. The zero-order chi connectivity index (χ0) is 13.4. The van der Waals surface area contributed by atoms with E-state index in [1.807, 2.05) is 0 Å². The molecule has 2 atom stereocenters. The molecule has 0 aliphatic carbocycles. The van der Waals surface area contributed by atoms with Gasteiger partial charge in [0.25, 0.3) is 0 Å². The lowest BCUT2D eigenvalue weighted by molar-refractivity contribution is -0.148. The highest BCUT2D eigenvalue weighted by molar-refractivity contribution is 5.76. The number of hydrogen-bond donors (Lipinski definition) is 2. The molecule has 2 fully saturated rings. The molecular formula is C11H17F3N2O2. The van der Waals surface area contributed by atoms with Gasteiger partial charge in [0, 0.05) is 38.0 Å². The summed E-state index contributed by atoms with van der Waals surface area (Å²) in [6.45, 7) is 2.11. The maximum Gasteiger partial charge on any atom is 0.389 e. The molecule has 0 bridgehead atoms. The van der Waals surface area contributed by atoms with Crippen LogP contribution in [0.3, 0.4) is 0 Å². The first-order chi connectivity index (χ1) is 8.36. The van der Waals surface area contributed by atoms with Crippen LogP contribution >= 0.6 is 0 Å². The highest BCUT2D eigenvalue weighted by atomic mass is 19.4. The van der Waals surface area contributed by atoms with Crippen LogP contribution in [-0.2, 0) is 4.79 Å². The number of amides is 1. The first-order valence-electron chi connectivity index (χ1n) is 6.02. The van der Waals surface area contributed by atoms with Gasteiger partial charge in [-0.3, -0.25) is 4.79 Å². The molecule has 0 aromatic heterocycles. The van der Waals surface area contributed by atoms with Gasteiger partial charge in [-0.05, 0) is 5.92 Å². The van der Waals surface area contributed by atoms with E-state index in [0.29, 0.717) is 26.2 Å². The fraction of sp³-hybridized carbons (Fsp3) is 0.909. The Kier molecular flexibility index (Phi) is 3.55. The summed E-state index contributed by atoms with van der Waals surface area (Å²) in [5.74, 6) is -0.313. The van der Waals surface area contributed by atoms with Crippen molar-refractivity contribution in [3.8, 4) is 0 Å². The van der Waals surface area contributed by atoms with Gasteiger partial charge in [0.15, 0.2) is 0 Å². The predicted molar refractivity (Wildman–Crippen MR) is 57.7 cm³/mol. The van der Waals surface area contributed by atoms with E-state index in [9.17, 15) is 23.1 Å². The molecule has 2 N–H and O–H groups in total. The van der Waals surface area contributed by atoms with Gasteiger partial charge in [0.05, 0.1) is 13.0 Å². The summed E-state index contributed by atoms with van der Waals surface area (Å²) in [5, 5.41) is 12.6. The highest BCUT2D eigenvalue weighted by Gasteiger charge is 2.50. The van der Waals surface area contributed by atoms with Crippen molar-refractivity contribution in [2.24, 2.45) is 11.3 Å². The number of nitrogens with zero attached hydrogens (tertiary/aromatic N) is 1. The largest absolute Gasteiger partial charge is 0.396 e. The van der Waals surface area contributed by atoms with Crippen molar-refractivity contribution in [1.29, 1.82) is 0 Å². The number of aliphatic hydroxyl groups is 1. The van der Waals surface area contributed by atoms with Crippen molar-refractivity contribution in [3.05, 3.63) is 0 Å². The summed E-state index contributed by atoms with van der Waals surface area (Å²) < 4.78 is 36.2. The lowest BCUT2D eigenvalue weighted by Crippen LogP contribution is -2.38. The third kappa shape index (κ3) is 2.61. The van der Waals surface area contributed by atoms with E-state index in [1.54, 1.807) is 0 Å². The molecule has 2 aliphatic heterocycles. The average molecular weight is 266 g/mol. The Bertz CT molecular complexity index is 335. The number of hydrogen-bond acceptors (Lipinski definition) is 3. The Morgan fingerprint density at radius 3 is 2.78 bits per heavy atom. The number of fused-ring (bicyclic) bond motifs is 1. The first-order valence-corrected chi connectivity index (χ1v) is 6.02. The van der Waals surface area contributed by atoms with Gasteiger partial charge in [0.1, 0.15) is 0 Å². The molecule has 2 saturated heterocycles. The Hall–Kier alpha value is -0.820. The number of carbonyl (C=O) groups excluding carboxylic acids is 1. The van der Waals surface area contributed by atoms with Crippen LogP contribution in [0, 0.1) is 11.3 Å². The molecule has 2 unspecified atom stereocenters. The van der Waals surface area contributed by atoms with Crippen LogP contribution in [0.25, 0.3) is 0 Å². The molecule has 0 aromatic rings. The fourth-order valence-electron chi connectivity index (χ4n) is 2.84. The molecule has 2 rings (SSSR count). The molecule has 7 heteroatoms. The third-order valence-electron chi connectivity index (χ3n) is 3.97. The van der Waals surface area contributed by atoms with Gasteiger partial charge in [-0.2, -0.15) is 13.2 Å². The van der Waals surface area contributed by atoms with Crippen LogP contribution in [0.5, 0.6) is 0 Å². The van der Waals surface area contributed by atoms with Crippen LogP contribution < -0.4 is 5.32 Å². The second kappa shape index (κ2) is 4.70. The summed E-state index contributed by atoms with van der Waals surface area (Å²) in [5.41, 5.74) is -0.353. The number of halogens is 3. The van der Waals surface area contributed by atoms with Crippen LogP contribution in [0.4, 0.5) is 13.2 Å². The lowest BCUT2D eigenvalue weighted by Gasteiger charge is -2.25. The average Bonchev–Trinajstić information content (AvgIpc) is 2.81. The molecule has 0 saturated carbocycles. The molecule has 1 amide bonds. The standard InChI is InChI=1S/C11H17F3N2O2/c12-11(13,14)2-1-9(18)16-4-8-3-15-5-10(8,6-16)7-17/h8,15,17H,1-7H2. The van der Waals surface area contributed by atoms with Crippen LogP contribution in [0.1, 0.15) is 12.8 Å². The van der Waals surface area contributed by atoms with E-state index in [1.165, 1.54) is 4.90 Å². The minimum Gasteiger partial charge on any atom is -0.396 e. The molecule has 104 valence electrons. The van der Waals surface area contributed by atoms with E-state index in [4.69, 9.17) is 0 Å². The summed E-state index contributed by atoms with van der Waals surface area (Å²) in [6, 6.07) is 0. The van der Waals surface area contributed by atoms with Gasteiger partial charge in [0.2, 0.25) is 5.91 Å². The summed E-state index contributed by atoms with van der Waals surface area (Å²) >= 11 is 0. The highest BCUT2D eigenvalue weighted by Crippen LogP contribution is 2.38. The summed E-state index contributed by atoms with van der Waals surface area (Å²) in [4.78, 5) is 13.2. The Labute approximate surface area is 103 Å². The van der Waals surface area contributed by atoms with E-state index >= 15 is 0 Å². The van der Waals surface area contributed by atoms with Crippen LogP contribution in [0.2, 0.25) is 0 Å². The van der Waals surface area contributed by atoms with Crippen LogP contribution in [0.15, 0.2) is 0 Å². The second-order valence-electron chi connectivity index (χ2n) is 5.24. The normalized spacial score (nSPS) is 31.8. The van der Waals surface area contributed by atoms with Gasteiger partial charge in [-0.15, -0.1) is 0 Å².